The molecule has 1 aliphatic carbocycles. The summed E-state index contributed by atoms with van der Waals surface area (Å²) in [6.07, 6.45) is -1.68. The van der Waals surface area contributed by atoms with E-state index in [4.69, 9.17) is 9.84 Å². The molecule has 0 aromatic carbocycles. The lowest BCUT2D eigenvalue weighted by atomic mass is 9.82. The van der Waals surface area contributed by atoms with E-state index in [0.717, 1.165) is 0 Å². The Balaban J connectivity index is 2.53. The lowest BCUT2D eigenvalue weighted by Gasteiger charge is -2.36. The average molecular weight is 261 g/mol. The Morgan fingerprint density at radius 3 is 2.39 bits per heavy atom. The van der Waals surface area contributed by atoms with E-state index < -0.39 is 29.9 Å². The van der Waals surface area contributed by atoms with Gasteiger partial charge in [0.1, 0.15) is 5.60 Å². The summed E-state index contributed by atoms with van der Waals surface area (Å²) in [6.45, 7) is 5.10. The van der Waals surface area contributed by atoms with Crippen LogP contribution in [0.4, 0.5) is 4.79 Å². The molecule has 1 aliphatic rings. The van der Waals surface area contributed by atoms with Gasteiger partial charge in [-0.2, -0.15) is 0 Å². The van der Waals surface area contributed by atoms with Gasteiger partial charge in [0.25, 0.3) is 0 Å². The molecular weight excluding hydrogens is 238 g/mol. The molecule has 0 radical (unpaired) electrons. The van der Waals surface area contributed by atoms with Crippen LogP contribution >= 0.6 is 0 Å². The molecule has 1 rings (SSSR count). The Labute approximate surface area is 107 Å². The smallest absolute Gasteiger partial charge is 0.407 e. The van der Waals surface area contributed by atoms with Crippen LogP contribution in [-0.4, -0.2) is 51.9 Å². The quantitative estimate of drug-likeness (QED) is 0.561. The van der Waals surface area contributed by atoms with Crippen LogP contribution in [0.25, 0.3) is 0 Å². The molecule has 0 spiro atoms. The van der Waals surface area contributed by atoms with Crippen molar-refractivity contribution < 1.29 is 24.9 Å². The highest BCUT2D eigenvalue weighted by atomic mass is 16.6. The lowest BCUT2D eigenvalue weighted by Crippen LogP contribution is -2.52. The predicted octanol–water partition coefficient (Wildman–Crippen LogP) is 0.00380. The van der Waals surface area contributed by atoms with Gasteiger partial charge in [-0.15, -0.1) is 0 Å². The largest absolute Gasteiger partial charge is 0.444 e. The van der Waals surface area contributed by atoms with Crippen LogP contribution in [0.5, 0.6) is 0 Å². The van der Waals surface area contributed by atoms with Crippen molar-refractivity contribution >= 4 is 6.09 Å². The first-order chi connectivity index (χ1) is 8.23. The van der Waals surface area contributed by atoms with Crippen LogP contribution in [0.2, 0.25) is 0 Å². The minimum absolute atomic E-state index is 0.145. The summed E-state index contributed by atoms with van der Waals surface area (Å²) < 4.78 is 5.10. The van der Waals surface area contributed by atoms with Crippen molar-refractivity contribution in [2.75, 3.05) is 6.61 Å². The Kier molecular flexibility index (Phi) is 4.95. The number of aliphatic hydroxyl groups excluding tert-OH is 3. The highest BCUT2D eigenvalue weighted by Crippen LogP contribution is 2.25. The molecule has 4 atom stereocenters. The summed E-state index contributed by atoms with van der Waals surface area (Å²) in [5.74, 6) is -0.326. The molecule has 0 aromatic rings. The van der Waals surface area contributed by atoms with Crippen LogP contribution in [0.3, 0.4) is 0 Å². The van der Waals surface area contributed by atoms with E-state index in [9.17, 15) is 15.0 Å². The van der Waals surface area contributed by atoms with Gasteiger partial charge in [-0.05, 0) is 27.2 Å². The topological polar surface area (TPSA) is 99.0 Å². The number of ether oxygens (including phenoxy) is 1. The standard InChI is InChI=1S/C12H23NO5/c1-12(2,3)18-11(17)13-8-4-7(6-14)9(15)5-10(8)16/h7-10,14-16H,4-6H2,1-3H3,(H,13,17)/t7-,8-,9?,10+/m1/s1. The third kappa shape index (κ3) is 4.44. The first-order valence-electron chi connectivity index (χ1n) is 6.19. The maximum absolute atomic E-state index is 11.6. The van der Waals surface area contributed by atoms with Crippen molar-refractivity contribution in [2.24, 2.45) is 5.92 Å². The maximum Gasteiger partial charge on any atom is 0.407 e. The molecule has 0 saturated heterocycles. The second-order valence-electron chi connectivity index (χ2n) is 5.80. The van der Waals surface area contributed by atoms with Crippen LogP contribution in [0.1, 0.15) is 33.6 Å². The number of aliphatic hydroxyl groups is 3. The summed E-state index contributed by atoms with van der Waals surface area (Å²) in [4.78, 5) is 11.6. The third-order valence-electron chi connectivity index (χ3n) is 2.98. The van der Waals surface area contributed by atoms with Crippen molar-refractivity contribution in [3.05, 3.63) is 0 Å². The minimum Gasteiger partial charge on any atom is -0.444 e. The maximum atomic E-state index is 11.6. The molecule has 1 saturated carbocycles. The highest BCUT2D eigenvalue weighted by Gasteiger charge is 2.36. The fourth-order valence-electron chi connectivity index (χ4n) is 2.05. The van der Waals surface area contributed by atoms with Gasteiger partial charge >= 0.3 is 6.09 Å². The zero-order chi connectivity index (χ0) is 13.9. The van der Waals surface area contributed by atoms with Crippen LogP contribution < -0.4 is 5.32 Å². The normalized spacial score (nSPS) is 33.0. The van der Waals surface area contributed by atoms with Gasteiger partial charge in [0.2, 0.25) is 0 Å². The van der Waals surface area contributed by atoms with Crippen LogP contribution in [0.15, 0.2) is 0 Å². The fourth-order valence-corrected chi connectivity index (χ4v) is 2.05. The van der Waals surface area contributed by atoms with Crippen molar-refractivity contribution in [3.8, 4) is 0 Å². The van der Waals surface area contributed by atoms with Crippen molar-refractivity contribution in [1.29, 1.82) is 0 Å². The molecule has 106 valence electrons. The van der Waals surface area contributed by atoms with E-state index >= 15 is 0 Å². The molecule has 0 aliphatic heterocycles. The van der Waals surface area contributed by atoms with Gasteiger partial charge < -0.3 is 25.4 Å². The Morgan fingerprint density at radius 1 is 1.28 bits per heavy atom. The number of carbonyl (C=O) groups excluding carboxylic acids is 1. The van der Waals surface area contributed by atoms with E-state index in [-0.39, 0.29) is 18.9 Å². The van der Waals surface area contributed by atoms with Crippen molar-refractivity contribution in [1.82, 2.24) is 5.32 Å². The van der Waals surface area contributed by atoms with E-state index in [1.165, 1.54) is 0 Å². The first kappa shape index (κ1) is 15.2. The Hall–Kier alpha value is -0.850. The third-order valence-corrected chi connectivity index (χ3v) is 2.98. The SMILES string of the molecule is CC(C)(C)OC(=O)N[C@@H]1C[C@H](CO)C(O)C[C@@H]1O. The van der Waals surface area contributed by atoms with Gasteiger partial charge in [-0.1, -0.05) is 0 Å². The molecule has 1 unspecified atom stereocenters. The molecule has 0 heterocycles. The average Bonchev–Trinajstić information content (AvgIpc) is 2.19. The Morgan fingerprint density at radius 2 is 1.89 bits per heavy atom. The molecule has 1 amide bonds. The number of hydrogen-bond donors (Lipinski definition) is 4. The number of carbonyl (C=O) groups is 1. The second kappa shape index (κ2) is 5.86. The highest BCUT2D eigenvalue weighted by molar-refractivity contribution is 5.68. The van der Waals surface area contributed by atoms with Gasteiger partial charge in [-0.3, -0.25) is 0 Å². The summed E-state index contributed by atoms with van der Waals surface area (Å²) >= 11 is 0. The van der Waals surface area contributed by atoms with Crippen molar-refractivity contribution in [2.45, 2.75) is 57.5 Å². The van der Waals surface area contributed by atoms with E-state index in [0.29, 0.717) is 6.42 Å². The molecular formula is C12H23NO5. The molecule has 4 N–H and O–H groups in total. The van der Waals surface area contributed by atoms with E-state index in [1.54, 1.807) is 20.8 Å². The van der Waals surface area contributed by atoms with Crippen molar-refractivity contribution in [3.63, 3.8) is 0 Å². The van der Waals surface area contributed by atoms with Crippen LogP contribution in [0, 0.1) is 5.92 Å². The predicted molar refractivity (Wildman–Crippen MR) is 65.0 cm³/mol. The number of nitrogens with one attached hydrogen (secondary N) is 1. The molecule has 18 heavy (non-hydrogen) atoms. The number of rotatable bonds is 2. The van der Waals surface area contributed by atoms with Gasteiger partial charge in [0.15, 0.2) is 0 Å². The lowest BCUT2D eigenvalue weighted by molar-refractivity contribution is -0.0382. The number of amides is 1. The summed E-state index contributed by atoms with van der Waals surface area (Å²) in [5.41, 5.74) is -0.598. The first-order valence-corrected chi connectivity index (χ1v) is 6.19. The number of hydrogen-bond acceptors (Lipinski definition) is 5. The summed E-state index contributed by atoms with van der Waals surface area (Å²) in [5, 5.41) is 31.1. The van der Waals surface area contributed by atoms with Crippen LogP contribution in [-0.2, 0) is 4.74 Å². The molecule has 6 nitrogen and oxygen atoms in total. The van der Waals surface area contributed by atoms with E-state index in [2.05, 4.69) is 5.32 Å². The van der Waals surface area contributed by atoms with Gasteiger partial charge in [-0.25, -0.2) is 4.79 Å². The molecule has 0 bridgehead atoms. The zero-order valence-corrected chi connectivity index (χ0v) is 11.1. The second-order valence-corrected chi connectivity index (χ2v) is 5.80. The van der Waals surface area contributed by atoms with Gasteiger partial charge in [0.05, 0.1) is 18.2 Å². The molecule has 0 aromatic heterocycles. The summed E-state index contributed by atoms with van der Waals surface area (Å²) in [6, 6.07) is -0.500. The minimum atomic E-state index is -0.824. The van der Waals surface area contributed by atoms with Gasteiger partial charge in [0, 0.05) is 18.9 Å². The van der Waals surface area contributed by atoms with E-state index in [1.807, 2.05) is 0 Å². The number of alkyl carbamates (subject to hydrolysis) is 1. The molecule has 6 heteroatoms. The monoisotopic (exact) mass is 261 g/mol. The summed E-state index contributed by atoms with van der Waals surface area (Å²) in [7, 11) is 0. The zero-order valence-electron chi connectivity index (χ0n) is 11.1. The fraction of sp³-hybridized carbons (Fsp3) is 0.917. The molecule has 1 fully saturated rings. The Bertz CT molecular complexity index is 289.